The molecule has 0 spiro atoms. The summed E-state index contributed by atoms with van der Waals surface area (Å²) in [5, 5.41) is 0. The SMILES string of the molecule is CC(C(N)=O)C(C)(N)c1ccccc1. The van der Waals surface area contributed by atoms with E-state index in [0.717, 1.165) is 5.56 Å². The molecule has 0 aromatic heterocycles. The minimum Gasteiger partial charge on any atom is -0.369 e. The molecule has 2 unspecified atom stereocenters. The third-order valence-corrected chi connectivity index (χ3v) is 2.72. The molecule has 4 N–H and O–H groups in total. The molecule has 14 heavy (non-hydrogen) atoms. The minimum atomic E-state index is -0.701. The van der Waals surface area contributed by atoms with Gasteiger partial charge >= 0.3 is 0 Å². The number of carbonyl (C=O) groups excluding carboxylic acids is 1. The van der Waals surface area contributed by atoms with Gasteiger partial charge in [-0.3, -0.25) is 4.79 Å². The van der Waals surface area contributed by atoms with E-state index in [-0.39, 0.29) is 11.8 Å². The van der Waals surface area contributed by atoms with Gasteiger partial charge in [-0.2, -0.15) is 0 Å². The molecule has 0 saturated heterocycles. The first-order valence-corrected chi connectivity index (χ1v) is 4.60. The largest absolute Gasteiger partial charge is 0.369 e. The van der Waals surface area contributed by atoms with E-state index in [1.54, 1.807) is 6.92 Å². The van der Waals surface area contributed by atoms with Crippen molar-refractivity contribution in [2.45, 2.75) is 19.4 Å². The summed E-state index contributed by atoms with van der Waals surface area (Å²) in [5.74, 6) is -0.760. The van der Waals surface area contributed by atoms with Crippen LogP contribution in [0.2, 0.25) is 0 Å². The summed E-state index contributed by atoms with van der Waals surface area (Å²) >= 11 is 0. The van der Waals surface area contributed by atoms with Crippen molar-refractivity contribution in [3.8, 4) is 0 Å². The van der Waals surface area contributed by atoms with Gasteiger partial charge in [-0.1, -0.05) is 37.3 Å². The molecule has 1 aromatic carbocycles. The molecule has 0 aliphatic heterocycles. The molecule has 0 saturated carbocycles. The molecular formula is C11H16N2O. The van der Waals surface area contributed by atoms with Gasteiger partial charge in [0.15, 0.2) is 0 Å². The fourth-order valence-corrected chi connectivity index (χ4v) is 1.34. The van der Waals surface area contributed by atoms with Crippen molar-refractivity contribution in [3.05, 3.63) is 35.9 Å². The summed E-state index contributed by atoms with van der Waals surface area (Å²) in [6.45, 7) is 3.56. The Morgan fingerprint density at radius 3 is 2.29 bits per heavy atom. The van der Waals surface area contributed by atoms with E-state index >= 15 is 0 Å². The Bertz CT molecular complexity index is 319. The zero-order chi connectivity index (χ0) is 10.8. The van der Waals surface area contributed by atoms with Gasteiger partial charge in [0.1, 0.15) is 0 Å². The predicted octanol–water partition coefficient (Wildman–Crippen LogP) is 0.982. The second-order valence-electron chi connectivity index (χ2n) is 3.77. The molecular weight excluding hydrogens is 176 g/mol. The van der Waals surface area contributed by atoms with Gasteiger partial charge in [0.05, 0.1) is 5.92 Å². The van der Waals surface area contributed by atoms with Gasteiger partial charge in [0.25, 0.3) is 0 Å². The topological polar surface area (TPSA) is 69.1 Å². The lowest BCUT2D eigenvalue weighted by Gasteiger charge is -2.30. The third kappa shape index (κ3) is 1.93. The minimum absolute atomic E-state index is 0.376. The monoisotopic (exact) mass is 192 g/mol. The lowest BCUT2D eigenvalue weighted by atomic mass is 9.81. The fraction of sp³-hybridized carbons (Fsp3) is 0.364. The van der Waals surface area contributed by atoms with E-state index in [1.807, 2.05) is 37.3 Å². The summed E-state index contributed by atoms with van der Waals surface area (Å²) in [7, 11) is 0. The number of amides is 1. The summed E-state index contributed by atoms with van der Waals surface area (Å²) in [6, 6.07) is 9.51. The number of rotatable bonds is 3. The second kappa shape index (κ2) is 3.80. The first kappa shape index (κ1) is 10.7. The predicted molar refractivity (Wildman–Crippen MR) is 56.3 cm³/mol. The first-order valence-electron chi connectivity index (χ1n) is 4.60. The van der Waals surface area contributed by atoms with Gasteiger partial charge < -0.3 is 11.5 Å². The molecule has 1 rings (SSSR count). The molecule has 0 bridgehead atoms. The summed E-state index contributed by atoms with van der Waals surface area (Å²) < 4.78 is 0. The van der Waals surface area contributed by atoms with Crippen molar-refractivity contribution in [2.24, 2.45) is 17.4 Å². The Morgan fingerprint density at radius 2 is 1.86 bits per heavy atom. The number of primary amides is 1. The Labute approximate surface area is 84.1 Å². The lowest BCUT2D eigenvalue weighted by molar-refractivity contribution is -0.123. The van der Waals surface area contributed by atoms with Gasteiger partial charge in [0, 0.05) is 5.54 Å². The maximum absolute atomic E-state index is 11.1. The molecule has 0 aliphatic rings. The standard InChI is InChI=1S/C11H16N2O/c1-8(10(12)14)11(2,13)9-6-4-3-5-7-9/h3-8H,13H2,1-2H3,(H2,12,14). The van der Waals surface area contributed by atoms with Crippen LogP contribution in [0.3, 0.4) is 0 Å². The maximum atomic E-state index is 11.1. The lowest BCUT2D eigenvalue weighted by Crippen LogP contribution is -2.45. The van der Waals surface area contributed by atoms with E-state index in [4.69, 9.17) is 11.5 Å². The van der Waals surface area contributed by atoms with Crippen molar-refractivity contribution in [1.82, 2.24) is 0 Å². The number of hydrogen-bond acceptors (Lipinski definition) is 2. The van der Waals surface area contributed by atoms with E-state index in [1.165, 1.54) is 0 Å². The molecule has 0 radical (unpaired) electrons. The highest BCUT2D eigenvalue weighted by Gasteiger charge is 2.31. The van der Waals surface area contributed by atoms with Gasteiger partial charge in [-0.05, 0) is 12.5 Å². The van der Waals surface area contributed by atoms with Crippen LogP contribution in [0.4, 0.5) is 0 Å². The van der Waals surface area contributed by atoms with Crippen LogP contribution in [0.5, 0.6) is 0 Å². The molecule has 3 nitrogen and oxygen atoms in total. The number of benzene rings is 1. The molecule has 3 heteroatoms. The van der Waals surface area contributed by atoms with Crippen LogP contribution in [0.1, 0.15) is 19.4 Å². The molecule has 0 fully saturated rings. The van der Waals surface area contributed by atoms with E-state index in [0.29, 0.717) is 0 Å². The molecule has 0 aliphatic carbocycles. The zero-order valence-electron chi connectivity index (χ0n) is 8.53. The highest BCUT2D eigenvalue weighted by atomic mass is 16.1. The number of hydrogen-bond donors (Lipinski definition) is 2. The normalized spacial score (nSPS) is 17.1. The van der Waals surface area contributed by atoms with E-state index < -0.39 is 5.54 Å². The fourth-order valence-electron chi connectivity index (χ4n) is 1.34. The highest BCUT2D eigenvalue weighted by molar-refractivity contribution is 5.78. The summed E-state index contributed by atoms with van der Waals surface area (Å²) in [5.41, 5.74) is 11.5. The van der Waals surface area contributed by atoms with Crippen LogP contribution in [0.15, 0.2) is 30.3 Å². The Morgan fingerprint density at radius 1 is 1.36 bits per heavy atom. The smallest absolute Gasteiger partial charge is 0.222 e. The third-order valence-electron chi connectivity index (χ3n) is 2.72. The van der Waals surface area contributed by atoms with Crippen LogP contribution in [0.25, 0.3) is 0 Å². The van der Waals surface area contributed by atoms with Crippen molar-refractivity contribution in [2.75, 3.05) is 0 Å². The summed E-state index contributed by atoms with van der Waals surface area (Å²) in [6.07, 6.45) is 0. The Balaban J connectivity index is 3.02. The van der Waals surface area contributed by atoms with Crippen LogP contribution >= 0.6 is 0 Å². The molecule has 1 aromatic rings. The Kier molecular flexibility index (Phi) is 2.91. The van der Waals surface area contributed by atoms with Gasteiger partial charge in [-0.25, -0.2) is 0 Å². The van der Waals surface area contributed by atoms with E-state index in [9.17, 15) is 4.79 Å². The average Bonchev–Trinajstić information content (AvgIpc) is 2.18. The molecule has 1 amide bonds. The van der Waals surface area contributed by atoms with Crippen LogP contribution < -0.4 is 11.5 Å². The molecule has 2 atom stereocenters. The van der Waals surface area contributed by atoms with Crippen molar-refractivity contribution in [3.63, 3.8) is 0 Å². The first-order chi connectivity index (χ1) is 6.46. The van der Waals surface area contributed by atoms with Crippen molar-refractivity contribution >= 4 is 5.91 Å². The van der Waals surface area contributed by atoms with E-state index in [2.05, 4.69) is 0 Å². The highest BCUT2D eigenvalue weighted by Crippen LogP contribution is 2.25. The van der Waals surface area contributed by atoms with Crippen molar-refractivity contribution in [1.29, 1.82) is 0 Å². The van der Waals surface area contributed by atoms with Crippen LogP contribution in [0, 0.1) is 5.92 Å². The van der Waals surface area contributed by atoms with Crippen molar-refractivity contribution < 1.29 is 4.79 Å². The Hall–Kier alpha value is -1.35. The van der Waals surface area contributed by atoms with Gasteiger partial charge in [0.2, 0.25) is 5.91 Å². The average molecular weight is 192 g/mol. The number of carbonyl (C=O) groups is 1. The number of nitrogens with two attached hydrogens (primary N) is 2. The van der Waals surface area contributed by atoms with Crippen LogP contribution in [-0.4, -0.2) is 5.91 Å². The summed E-state index contributed by atoms with van der Waals surface area (Å²) in [4.78, 5) is 11.1. The molecule has 0 heterocycles. The quantitative estimate of drug-likeness (QED) is 0.749. The molecule has 76 valence electrons. The zero-order valence-corrected chi connectivity index (χ0v) is 8.53. The maximum Gasteiger partial charge on any atom is 0.222 e. The van der Waals surface area contributed by atoms with Gasteiger partial charge in [-0.15, -0.1) is 0 Å². The second-order valence-corrected chi connectivity index (χ2v) is 3.77. The van der Waals surface area contributed by atoms with Crippen LogP contribution in [-0.2, 0) is 10.3 Å².